The number of nitrogens with zero attached hydrogens (tertiary/aromatic N) is 2. The Morgan fingerprint density at radius 2 is 1.85 bits per heavy atom. The number of hydrogen-bond donors (Lipinski definition) is 0. The van der Waals surface area contributed by atoms with Crippen LogP contribution in [0.4, 0.5) is 0 Å². The second kappa shape index (κ2) is 5.62. The largest absolute Gasteiger partial charge is 0.413 e. The third-order valence-electron chi connectivity index (χ3n) is 9.12. The minimum absolute atomic E-state index is 0.0268. The van der Waals surface area contributed by atoms with Crippen molar-refractivity contribution in [1.29, 1.82) is 0 Å². The van der Waals surface area contributed by atoms with Crippen LogP contribution in [-0.2, 0) is 9.22 Å². The summed E-state index contributed by atoms with van der Waals surface area (Å²) in [6, 6.07) is 0. The van der Waals surface area contributed by atoms with Crippen LogP contribution in [0.5, 0.6) is 0 Å². The molecule has 0 bridgehead atoms. The highest BCUT2D eigenvalue weighted by Gasteiger charge is 2.75. The minimum atomic E-state index is -1.91. The van der Waals surface area contributed by atoms with Crippen LogP contribution < -0.4 is 0 Å². The van der Waals surface area contributed by atoms with Crippen LogP contribution in [0.15, 0.2) is 0 Å². The normalized spacial score (nSPS) is 39.5. The summed E-state index contributed by atoms with van der Waals surface area (Å²) >= 11 is 0. The van der Waals surface area contributed by atoms with Gasteiger partial charge in [0.05, 0.1) is 12.5 Å². The number of carbonyl (C=O) groups excluding carboxylic acids is 1. The molecule has 0 heterocycles. The monoisotopic (exact) mass is 376 g/mol. The van der Waals surface area contributed by atoms with Crippen molar-refractivity contribution >= 4 is 19.8 Å². The van der Waals surface area contributed by atoms with Gasteiger partial charge < -0.3 is 9.96 Å². The van der Waals surface area contributed by atoms with Gasteiger partial charge in [0.25, 0.3) is 0 Å². The van der Waals surface area contributed by atoms with Crippen molar-refractivity contribution in [3.8, 4) is 0 Å². The Morgan fingerprint density at radius 1 is 1.23 bits per heavy atom. The van der Waals surface area contributed by atoms with Crippen LogP contribution in [0.3, 0.4) is 0 Å². The van der Waals surface area contributed by atoms with Crippen LogP contribution in [0, 0.1) is 22.2 Å². The molecule has 26 heavy (non-hydrogen) atoms. The van der Waals surface area contributed by atoms with Crippen LogP contribution >= 0.6 is 0 Å². The van der Waals surface area contributed by atoms with Gasteiger partial charge in [0.1, 0.15) is 0 Å². The lowest BCUT2D eigenvalue weighted by Gasteiger charge is -2.51. The van der Waals surface area contributed by atoms with Crippen molar-refractivity contribution < 1.29 is 14.0 Å². The third-order valence-corrected chi connectivity index (χ3v) is 13.6. The van der Waals surface area contributed by atoms with E-state index in [0.717, 1.165) is 19.3 Å². The van der Waals surface area contributed by atoms with Crippen molar-refractivity contribution in [2.75, 3.05) is 0 Å². The van der Waals surface area contributed by atoms with Gasteiger partial charge in [-0.15, -0.1) is 0 Å². The van der Waals surface area contributed by atoms with E-state index in [0.29, 0.717) is 24.5 Å². The summed E-state index contributed by atoms with van der Waals surface area (Å²) in [5.41, 5.74) is 9.75. The average Bonchev–Trinajstić information content (AvgIpc) is 2.87. The SMILES string of the molecule is C[C@@H]1CC[C@@]23CC(=O)C(=[N+]=[N-])C[C@@]12CC(O[Si](C)(C)C(C)(C)C)C3(C)C. The van der Waals surface area contributed by atoms with Gasteiger partial charge in [-0.1, -0.05) is 41.5 Å². The van der Waals surface area contributed by atoms with Gasteiger partial charge >= 0.3 is 5.71 Å². The first kappa shape index (κ1) is 20.0. The molecule has 3 fully saturated rings. The quantitative estimate of drug-likeness (QED) is 0.376. The van der Waals surface area contributed by atoms with E-state index in [1.54, 1.807) is 0 Å². The summed E-state index contributed by atoms with van der Waals surface area (Å²) in [5, 5.41) is 0.167. The van der Waals surface area contributed by atoms with Gasteiger partial charge in [0.2, 0.25) is 5.78 Å². The number of carbonyl (C=O) groups is 1. The topological polar surface area (TPSA) is 62.7 Å². The van der Waals surface area contributed by atoms with Gasteiger partial charge in [0, 0.05) is 6.42 Å². The molecule has 0 spiro atoms. The summed E-state index contributed by atoms with van der Waals surface area (Å²) < 4.78 is 6.97. The number of hydrogen-bond acceptors (Lipinski definition) is 2. The number of rotatable bonds is 2. The second-order valence-corrected chi connectivity index (χ2v) is 16.1. The predicted molar refractivity (Wildman–Crippen MR) is 107 cm³/mol. The Hall–Kier alpha value is -0.773. The number of ketones is 1. The first-order valence-corrected chi connectivity index (χ1v) is 13.1. The van der Waals surface area contributed by atoms with E-state index in [-0.39, 0.29) is 33.2 Å². The van der Waals surface area contributed by atoms with Crippen molar-refractivity contribution in [3.63, 3.8) is 0 Å². The molecule has 1 unspecified atom stereocenters. The molecule has 3 rings (SSSR count). The predicted octanol–water partition coefficient (Wildman–Crippen LogP) is 5.24. The van der Waals surface area contributed by atoms with Gasteiger partial charge in [-0.2, -0.15) is 4.79 Å². The fraction of sp³-hybridized carbons (Fsp3) is 0.905. The molecule has 0 amide bonds. The zero-order valence-electron chi connectivity index (χ0n) is 17.9. The molecule has 3 aliphatic carbocycles. The maximum absolute atomic E-state index is 12.7. The van der Waals surface area contributed by atoms with E-state index in [4.69, 9.17) is 4.43 Å². The van der Waals surface area contributed by atoms with Crippen molar-refractivity contribution in [1.82, 2.24) is 0 Å². The maximum atomic E-state index is 12.7. The van der Waals surface area contributed by atoms with E-state index in [1.165, 1.54) is 0 Å². The molecule has 3 aliphatic rings. The van der Waals surface area contributed by atoms with Crippen molar-refractivity contribution in [2.24, 2.45) is 22.2 Å². The smallest absolute Gasteiger partial charge is 0.335 e. The molecule has 5 heteroatoms. The number of Topliss-reactive ketones (excluding diaryl/α,β-unsaturated/α-hetero) is 1. The zero-order chi connectivity index (χ0) is 19.8. The van der Waals surface area contributed by atoms with Crippen LogP contribution in [0.1, 0.15) is 73.6 Å². The Kier molecular flexibility index (Phi) is 4.32. The fourth-order valence-corrected chi connectivity index (χ4v) is 7.65. The molecule has 0 aliphatic heterocycles. The van der Waals surface area contributed by atoms with Crippen molar-refractivity contribution in [3.05, 3.63) is 5.53 Å². The van der Waals surface area contributed by atoms with E-state index >= 15 is 0 Å². The standard InChI is InChI=1S/C21H36N2O2Si/c1-14-9-10-21-12-16(24)15(23-22)11-20(14,21)13-17(19(21,5)6)25-26(7,8)18(2,3)4/h14,17H,9-13H2,1-8H3/t14-,17?,20-,21+/m1/s1. The van der Waals surface area contributed by atoms with E-state index in [9.17, 15) is 10.3 Å². The van der Waals surface area contributed by atoms with Crippen molar-refractivity contribution in [2.45, 2.75) is 97.9 Å². The molecular weight excluding hydrogens is 340 g/mol. The molecule has 0 aromatic heterocycles. The molecule has 0 N–H and O–H groups in total. The lowest BCUT2D eigenvalue weighted by Crippen LogP contribution is -2.53. The lowest BCUT2D eigenvalue weighted by molar-refractivity contribution is -0.131. The van der Waals surface area contributed by atoms with Gasteiger partial charge in [-0.3, -0.25) is 4.79 Å². The Labute approximate surface area is 159 Å². The van der Waals surface area contributed by atoms with Crippen LogP contribution in [0.25, 0.3) is 5.53 Å². The molecular formula is C21H36N2O2Si. The summed E-state index contributed by atoms with van der Waals surface area (Å²) in [7, 11) is -1.91. The first-order valence-electron chi connectivity index (χ1n) is 10.2. The van der Waals surface area contributed by atoms with E-state index in [1.807, 2.05) is 0 Å². The Morgan fingerprint density at radius 3 is 2.38 bits per heavy atom. The molecule has 0 saturated heterocycles. The first-order chi connectivity index (χ1) is 11.7. The second-order valence-electron chi connectivity index (χ2n) is 11.3. The lowest BCUT2D eigenvalue weighted by atomic mass is 9.51. The fourth-order valence-electron chi connectivity index (χ4n) is 6.21. The summed E-state index contributed by atoms with van der Waals surface area (Å²) in [6.07, 6.45) is 4.52. The highest BCUT2D eigenvalue weighted by molar-refractivity contribution is 6.74. The summed E-state index contributed by atoms with van der Waals surface area (Å²) in [4.78, 5) is 16.1. The highest BCUT2D eigenvalue weighted by Crippen LogP contribution is 2.76. The van der Waals surface area contributed by atoms with Gasteiger partial charge in [-0.25, -0.2) is 0 Å². The molecule has 3 saturated carbocycles. The molecule has 4 nitrogen and oxygen atoms in total. The minimum Gasteiger partial charge on any atom is -0.413 e. The van der Waals surface area contributed by atoms with E-state index in [2.05, 4.69) is 59.4 Å². The van der Waals surface area contributed by atoms with E-state index < -0.39 is 8.32 Å². The Bertz CT molecular complexity index is 687. The average molecular weight is 377 g/mol. The highest BCUT2D eigenvalue weighted by atomic mass is 28.4. The van der Waals surface area contributed by atoms with Gasteiger partial charge in [-0.05, 0) is 59.6 Å². The molecule has 0 radical (unpaired) electrons. The van der Waals surface area contributed by atoms with Crippen LogP contribution in [-0.4, -0.2) is 30.7 Å². The zero-order valence-corrected chi connectivity index (χ0v) is 18.9. The van der Waals surface area contributed by atoms with Gasteiger partial charge in [0.15, 0.2) is 8.32 Å². The Balaban J connectivity index is 2.07. The molecule has 0 aromatic rings. The van der Waals surface area contributed by atoms with Crippen LogP contribution in [0.2, 0.25) is 18.1 Å². The molecule has 0 aromatic carbocycles. The molecule has 146 valence electrons. The summed E-state index contributed by atoms with van der Waals surface area (Å²) in [5.74, 6) is 0.568. The molecule has 4 atom stereocenters. The summed E-state index contributed by atoms with van der Waals surface area (Å²) in [6.45, 7) is 18.5. The third kappa shape index (κ3) is 2.33. The maximum Gasteiger partial charge on any atom is 0.335 e.